The minimum Gasteiger partial charge on any atom is -0.376 e. The number of sulfone groups is 1. The lowest BCUT2D eigenvalue weighted by Gasteiger charge is -2.16. The summed E-state index contributed by atoms with van der Waals surface area (Å²) >= 11 is 5.98. The molecule has 0 unspecified atom stereocenters. The van der Waals surface area contributed by atoms with Crippen molar-refractivity contribution in [1.29, 1.82) is 0 Å². The van der Waals surface area contributed by atoms with Gasteiger partial charge in [-0.05, 0) is 31.4 Å². The van der Waals surface area contributed by atoms with Crippen molar-refractivity contribution in [2.75, 3.05) is 13.2 Å². The van der Waals surface area contributed by atoms with Crippen LogP contribution in [0.3, 0.4) is 0 Å². The van der Waals surface area contributed by atoms with E-state index in [1.54, 1.807) is 24.3 Å². The van der Waals surface area contributed by atoms with Crippen LogP contribution in [-0.4, -0.2) is 38.8 Å². The minimum absolute atomic E-state index is 0.0116. The average Bonchev–Trinajstić information content (AvgIpc) is 2.99. The summed E-state index contributed by atoms with van der Waals surface area (Å²) in [6, 6.07) is 6.74. The molecule has 1 aliphatic heterocycles. The van der Waals surface area contributed by atoms with Gasteiger partial charge >= 0.3 is 0 Å². The van der Waals surface area contributed by atoms with Gasteiger partial charge in [-0.3, -0.25) is 4.79 Å². The number of carbonyl (C=O) groups excluding carboxylic acids is 1. The van der Waals surface area contributed by atoms with E-state index < -0.39 is 21.0 Å². The van der Waals surface area contributed by atoms with Crippen molar-refractivity contribution in [1.82, 2.24) is 5.32 Å². The summed E-state index contributed by atoms with van der Waals surface area (Å²) in [6.45, 7) is 2.45. The quantitative estimate of drug-likeness (QED) is 0.855. The van der Waals surface area contributed by atoms with E-state index in [1.807, 2.05) is 0 Å². The first-order chi connectivity index (χ1) is 10.4. The Hall–Kier alpha value is -1.11. The lowest BCUT2D eigenvalue weighted by Crippen LogP contribution is -2.41. The highest BCUT2D eigenvalue weighted by atomic mass is 35.5. The van der Waals surface area contributed by atoms with Crippen LogP contribution in [0.1, 0.15) is 25.3 Å². The highest BCUT2D eigenvalue weighted by Crippen LogP contribution is 2.20. The maximum Gasteiger partial charge on any atom is 0.238 e. The molecule has 22 heavy (non-hydrogen) atoms. The maximum atomic E-state index is 12.3. The number of hydrogen-bond acceptors (Lipinski definition) is 4. The highest BCUT2D eigenvalue weighted by Gasteiger charge is 2.29. The van der Waals surface area contributed by atoms with Gasteiger partial charge in [0.25, 0.3) is 0 Å². The minimum atomic E-state index is -3.62. The van der Waals surface area contributed by atoms with Gasteiger partial charge in [0.15, 0.2) is 9.84 Å². The lowest BCUT2D eigenvalue weighted by molar-refractivity contribution is -0.120. The Morgan fingerprint density at radius 2 is 2.18 bits per heavy atom. The van der Waals surface area contributed by atoms with Gasteiger partial charge in [-0.25, -0.2) is 8.42 Å². The molecular weight excluding hydrogens is 326 g/mol. The molecule has 1 amide bonds. The molecule has 2 atom stereocenters. The Morgan fingerprint density at radius 1 is 1.45 bits per heavy atom. The molecule has 1 aromatic rings. The summed E-state index contributed by atoms with van der Waals surface area (Å²) in [5, 5.41) is 1.92. The van der Waals surface area contributed by atoms with Crippen LogP contribution in [0, 0.1) is 0 Å². The molecule has 1 heterocycles. The average molecular weight is 346 g/mol. The van der Waals surface area contributed by atoms with Crippen molar-refractivity contribution in [2.45, 2.75) is 36.9 Å². The van der Waals surface area contributed by atoms with Crippen molar-refractivity contribution in [3.05, 3.63) is 34.9 Å². The van der Waals surface area contributed by atoms with E-state index in [4.69, 9.17) is 16.3 Å². The van der Waals surface area contributed by atoms with Gasteiger partial charge < -0.3 is 10.1 Å². The van der Waals surface area contributed by atoms with Crippen LogP contribution in [0.4, 0.5) is 0 Å². The molecule has 1 aliphatic rings. The normalized spacial score (nSPS) is 19.8. The van der Waals surface area contributed by atoms with E-state index in [1.165, 1.54) is 6.92 Å². The Labute approximate surface area is 135 Å². The predicted molar refractivity (Wildman–Crippen MR) is 85.5 cm³/mol. The summed E-state index contributed by atoms with van der Waals surface area (Å²) in [4.78, 5) is 12.0. The largest absolute Gasteiger partial charge is 0.376 e. The fourth-order valence-corrected chi connectivity index (χ4v) is 3.91. The molecule has 1 aromatic carbocycles. The number of benzene rings is 1. The zero-order valence-corrected chi connectivity index (χ0v) is 14.0. The van der Waals surface area contributed by atoms with Crippen LogP contribution in [0.2, 0.25) is 5.02 Å². The van der Waals surface area contributed by atoms with E-state index in [0.717, 1.165) is 12.8 Å². The molecule has 7 heteroatoms. The first-order valence-electron chi connectivity index (χ1n) is 7.24. The zero-order chi connectivity index (χ0) is 16.2. The van der Waals surface area contributed by atoms with Gasteiger partial charge in [-0.1, -0.05) is 29.8 Å². The molecular formula is C15H20ClNO4S. The zero-order valence-electron chi connectivity index (χ0n) is 12.4. The Balaban J connectivity index is 1.95. The molecule has 0 bridgehead atoms. The first-order valence-corrected chi connectivity index (χ1v) is 9.34. The second-order valence-corrected chi connectivity index (χ2v) is 8.15. The standard InChI is InChI=1S/C15H20ClNO4S/c1-11(15(18)17-9-13-6-4-8-21-13)22(19,20)10-12-5-2-3-7-14(12)16/h2-3,5,7,11,13H,4,6,8-10H2,1H3,(H,17,18)/t11-,13+/m1/s1. The van der Waals surface area contributed by atoms with Crippen LogP contribution in [0.25, 0.3) is 0 Å². The van der Waals surface area contributed by atoms with Crippen molar-refractivity contribution in [3.8, 4) is 0 Å². The number of rotatable bonds is 6. The molecule has 1 fully saturated rings. The van der Waals surface area contributed by atoms with Gasteiger partial charge in [0.2, 0.25) is 5.91 Å². The van der Waals surface area contributed by atoms with Gasteiger partial charge in [-0.2, -0.15) is 0 Å². The fraction of sp³-hybridized carbons (Fsp3) is 0.533. The maximum absolute atomic E-state index is 12.3. The third-order valence-electron chi connectivity index (χ3n) is 3.75. The molecule has 0 aliphatic carbocycles. The second kappa shape index (κ2) is 7.44. The number of carbonyl (C=O) groups is 1. The van der Waals surface area contributed by atoms with Crippen molar-refractivity contribution < 1.29 is 17.9 Å². The second-order valence-electron chi connectivity index (χ2n) is 5.42. The number of halogens is 1. The molecule has 5 nitrogen and oxygen atoms in total. The summed E-state index contributed by atoms with van der Waals surface area (Å²) in [6.07, 6.45) is 1.85. The van der Waals surface area contributed by atoms with E-state index in [-0.39, 0.29) is 11.9 Å². The van der Waals surface area contributed by atoms with E-state index in [2.05, 4.69) is 5.32 Å². The molecule has 122 valence electrons. The monoisotopic (exact) mass is 345 g/mol. The molecule has 0 spiro atoms. The van der Waals surface area contributed by atoms with Crippen molar-refractivity contribution in [3.63, 3.8) is 0 Å². The van der Waals surface area contributed by atoms with Gasteiger partial charge in [0.05, 0.1) is 11.9 Å². The number of hydrogen-bond donors (Lipinski definition) is 1. The number of ether oxygens (including phenoxy) is 1. The highest BCUT2D eigenvalue weighted by molar-refractivity contribution is 7.92. The summed E-state index contributed by atoms with van der Waals surface area (Å²) in [5.41, 5.74) is 0.503. The molecule has 0 saturated carbocycles. The van der Waals surface area contributed by atoms with E-state index in [0.29, 0.717) is 23.7 Å². The van der Waals surface area contributed by atoms with Crippen LogP contribution < -0.4 is 5.32 Å². The Morgan fingerprint density at radius 3 is 2.82 bits per heavy atom. The van der Waals surface area contributed by atoms with Crippen LogP contribution in [0.15, 0.2) is 24.3 Å². The van der Waals surface area contributed by atoms with Crippen LogP contribution >= 0.6 is 11.6 Å². The molecule has 1 saturated heterocycles. The third kappa shape index (κ3) is 4.44. The third-order valence-corrected chi connectivity index (χ3v) is 6.12. The Bertz CT molecular complexity index is 626. The van der Waals surface area contributed by atoms with E-state index in [9.17, 15) is 13.2 Å². The topological polar surface area (TPSA) is 72.5 Å². The van der Waals surface area contributed by atoms with Crippen molar-refractivity contribution >= 4 is 27.3 Å². The Kier molecular flexibility index (Phi) is 5.83. The summed E-state index contributed by atoms with van der Waals surface area (Å²) < 4.78 is 30.1. The summed E-state index contributed by atoms with van der Waals surface area (Å²) in [7, 11) is -3.62. The lowest BCUT2D eigenvalue weighted by atomic mass is 10.2. The summed E-state index contributed by atoms with van der Waals surface area (Å²) in [5.74, 6) is -0.746. The molecule has 0 radical (unpaired) electrons. The van der Waals surface area contributed by atoms with Gasteiger partial charge in [0, 0.05) is 18.2 Å². The SMILES string of the molecule is C[C@H](C(=O)NC[C@@H]1CCCO1)S(=O)(=O)Cc1ccccc1Cl. The smallest absolute Gasteiger partial charge is 0.238 e. The molecule has 2 rings (SSSR count). The first kappa shape index (κ1) is 17.2. The van der Waals surface area contributed by atoms with Crippen LogP contribution in [-0.2, 0) is 25.1 Å². The molecule has 0 aromatic heterocycles. The fourth-order valence-electron chi connectivity index (χ4n) is 2.28. The van der Waals surface area contributed by atoms with Gasteiger partial charge in [0.1, 0.15) is 5.25 Å². The van der Waals surface area contributed by atoms with Crippen LogP contribution in [0.5, 0.6) is 0 Å². The van der Waals surface area contributed by atoms with E-state index >= 15 is 0 Å². The van der Waals surface area contributed by atoms with Crippen molar-refractivity contribution in [2.24, 2.45) is 0 Å². The van der Waals surface area contributed by atoms with Gasteiger partial charge in [-0.15, -0.1) is 0 Å². The number of amides is 1. The predicted octanol–water partition coefficient (Wildman–Crippen LogP) is 1.94. The molecule has 1 N–H and O–H groups in total. The number of nitrogens with one attached hydrogen (secondary N) is 1.